The van der Waals surface area contributed by atoms with Crippen LogP contribution in [-0.2, 0) is 0 Å². The zero-order chi connectivity index (χ0) is 45.0. The highest BCUT2D eigenvalue weighted by molar-refractivity contribution is 6.11. The minimum atomic E-state index is 0.742. The molecule has 0 fully saturated rings. The number of hydrogen-bond donors (Lipinski definition) is 0. The molecule has 0 radical (unpaired) electrons. The number of hydrogen-bond acceptors (Lipinski definition) is 5. The van der Waals surface area contributed by atoms with Gasteiger partial charge in [0.1, 0.15) is 11.6 Å². The van der Waals surface area contributed by atoms with E-state index < -0.39 is 0 Å². The summed E-state index contributed by atoms with van der Waals surface area (Å²) in [5, 5.41) is 4.73. The Labute approximate surface area is 392 Å². The molecule has 0 bridgehead atoms. The van der Waals surface area contributed by atoms with Crippen LogP contribution in [0, 0.1) is 0 Å². The Morgan fingerprint density at radius 1 is 0.206 bits per heavy atom. The van der Waals surface area contributed by atoms with E-state index in [1.807, 2.05) is 66.7 Å². The summed E-state index contributed by atoms with van der Waals surface area (Å²) in [5.74, 6) is 1.65. The summed E-state index contributed by atoms with van der Waals surface area (Å²) in [4.78, 5) is 25.9. The maximum Gasteiger partial charge on any atom is 0.138 e. The predicted octanol–water partition coefficient (Wildman–Crippen LogP) is 14.9. The van der Waals surface area contributed by atoms with Crippen LogP contribution in [0.5, 0.6) is 0 Å². The highest BCUT2D eigenvalue weighted by atomic mass is 15.1. The van der Waals surface area contributed by atoms with Crippen LogP contribution in [0.1, 0.15) is 0 Å². The molecule has 0 aliphatic carbocycles. The second kappa shape index (κ2) is 16.3. The van der Waals surface area contributed by atoms with Gasteiger partial charge in [0.2, 0.25) is 0 Å². The number of benzene rings is 6. The van der Waals surface area contributed by atoms with Gasteiger partial charge in [0.15, 0.2) is 0 Å². The molecular formula is C61H39N7. The van der Waals surface area contributed by atoms with Crippen molar-refractivity contribution in [1.82, 2.24) is 34.1 Å². The van der Waals surface area contributed by atoms with E-state index >= 15 is 0 Å². The van der Waals surface area contributed by atoms with Crippen molar-refractivity contribution in [2.45, 2.75) is 0 Å². The van der Waals surface area contributed by atoms with Crippen molar-refractivity contribution < 1.29 is 0 Å². The molecule has 0 spiro atoms. The third-order valence-corrected chi connectivity index (χ3v) is 12.8. The van der Waals surface area contributed by atoms with Crippen molar-refractivity contribution in [2.24, 2.45) is 0 Å². The van der Waals surface area contributed by atoms with Crippen molar-refractivity contribution in [1.29, 1.82) is 0 Å². The van der Waals surface area contributed by atoms with E-state index in [0.29, 0.717) is 0 Å². The lowest BCUT2D eigenvalue weighted by atomic mass is 10.0. The van der Waals surface area contributed by atoms with Crippen LogP contribution in [0.3, 0.4) is 0 Å². The van der Waals surface area contributed by atoms with E-state index in [-0.39, 0.29) is 0 Å². The van der Waals surface area contributed by atoms with E-state index in [0.717, 1.165) is 79.3 Å². The first-order valence-electron chi connectivity index (χ1n) is 22.7. The Kier molecular flexibility index (Phi) is 9.35. The van der Waals surface area contributed by atoms with Gasteiger partial charge in [-0.05, 0) is 119 Å². The topological polar surface area (TPSA) is 74.3 Å². The summed E-state index contributed by atoms with van der Waals surface area (Å²) in [5.41, 5.74) is 15.2. The van der Waals surface area contributed by atoms with Gasteiger partial charge in [-0.3, -0.25) is 9.13 Å². The molecule has 0 N–H and O–H groups in total. The Morgan fingerprint density at radius 2 is 0.515 bits per heavy atom. The first-order chi connectivity index (χ1) is 33.7. The zero-order valence-corrected chi connectivity index (χ0v) is 36.6. The predicted molar refractivity (Wildman–Crippen MR) is 277 cm³/mol. The van der Waals surface area contributed by atoms with Crippen molar-refractivity contribution in [2.75, 3.05) is 0 Å². The third kappa shape index (κ3) is 6.80. The van der Waals surface area contributed by atoms with Crippen molar-refractivity contribution in [3.63, 3.8) is 0 Å². The Balaban J connectivity index is 0.818. The lowest BCUT2D eigenvalue weighted by Crippen LogP contribution is -2.00. The molecule has 13 rings (SSSR count). The maximum atomic E-state index is 5.23. The fourth-order valence-electron chi connectivity index (χ4n) is 9.60. The number of pyridine rings is 5. The molecule has 68 heavy (non-hydrogen) atoms. The van der Waals surface area contributed by atoms with Crippen LogP contribution < -0.4 is 0 Å². The number of fused-ring (bicyclic) bond motifs is 6. The largest absolute Gasteiger partial charge is 0.294 e. The summed E-state index contributed by atoms with van der Waals surface area (Å²) in [6, 6.07) is 81.8. The molecule has 0 unspecified atom stereocenters. The van der Waals surface area contributed by atoms with Crippen LogP contribution in [0.4, 0.5) is 0 Å². The lowest BCUT2D eigenvalue weighted by molar-refractivity contribution is 1.08. The lowest BCUT2D eigenvalue weighted by Gasteiger charge is -2.11. The van der Waals surface area contributed by atoms with Crippen LogP contribution in [-0.4, -0.2) is 34.1 Å². The van der Waals surface area contributed by atoms with Crippen LogP contribution >= 0.6 is 0 Å². The fourth-order valence-corrected chi connectivity index (χ4v) is 9.60. The molecule has 0 saturated heterocycles. The van der Waals surface area contributed by atoms with Gasteiger partial charge in [0.25, 0.3) is 0 Å². The average molecular weight is 870 g/mol. The summed E-state index contributed by atoms with van der Waals surface area (Å²) in [6.45, 7) is 0. The number of aromatic nitrogens is 7. The van der Waals surface area contributed by atoms with Gasteiger partial charge in [-0.15, -0.1) is 0 Å². The van der Waals surface area contributed by atoms with E-state index in [1.54, 1.807) is 0 Å². The van der Waals surface area contributed by atoms with Gasteiger partial charge < -0.3 is 0 Å². The Bertz CT molecular complexity index is 3780. The molecule has 0 amide bonds. The normalized spacial score (nSPS) is 11.5. The van der Waals surface area contributed by atoms with Gasteiger partial charge in [0, 0.05) is 21.5 Å². The van der Waals surface area contributed by atoms with Gasteiger partial charge in [-0.2, -0.15) is 0 Å². The monoisotopic (exact) mass is 869 g/mol. The minimum absolute atomic E-state index is 0.742. The van der Waals surface area contributed by atoms with Gasteiger partial charge >= 0.3 is 0 Å². The standard InChI is InChI=1S/C61H39N7/c1-3-16-40(17-4-1)42-34-36-58-46(38-42)44-20-7-9-30-56(44)67(58)60-32-14-28-54(65-60)52-26-12-24-50(63-52)48-22-11-23-49(62-48)51-25-13-27-53(64-51)55-29-15-33-61(66-55)68-57-31-10-8-21-45(57)47-39-43(35-37-59(47)68)41-18-5-2-6-19-41/h1-39H. The molecule has 318 valence electrons. The molecular weight excluding hydrogens is 831 g/mol. The molecule has 7 heterocycles. The van der Waals surface area contributed by atoms with E-state index in [4.69, 9.17) is 24.9 Å². The highest BCUT2D eigenvalue weighted by Crippen LogP contribution is 2.37. The van der Waals surface area contributed by atoms with Gasteiger partial charge in [0.05, 0.1) is 67.6 Å². The zero-order valence-electron chi connectivity index (χ0n) is 36.6. The second-order valence-corrected chi connectivity index (χ2v) is 16.9. The SMILES string of the molecule is c1ccc(-c2ccc3c(c2)c2ccccc2n3-c2cccc(-c3cccc(-c4cccc(-c5cccc(-c6cccc(-n7c8ccccc8c8cc(-c9ccccc9)ccc87)n6)n5)n4)n3)n2)cc1. The molecule has 13 aromatic rings. The molecule has 0 aliphatic heterocycles. The summed E-state index contributed by atoms with van der Waals surface area (Å²) in [7, 11) is 0. The molecule has 7 aromatic heterocycles. The second-order valence-electron chi connectivity index (χ2n) is 16.9. The molecule has 6 aromatic carbocycles. The quantitative estimate of drug-likeness (QED) is 0.152. The number of nitrogens with zero attached hydrogens (tertiary/aromatic N) is 7. The first-order valence-corrected chi connectivity index (χ1v) is 22.7. The minimum Gasteiger partial charge on any atom is -0.294 e. The van der Waals surface area contributed by atoms with Crippen LogP contribution in [0.2, 0.25) is 0 Å². The summed E-state index contributed by atoms with van der Waals surface area (Å²) >= 11 is 0. The fraction of sp³-hybridized carbons (Fsp3) is 0. The van der Waals surface area contributed by atoms with Crippen LogP contribution in [0.25, 0.3) is 123 Å². The van der Waals surface area contributed by atoms with Crippen molar-refractivity contribution in [3.05, 3.63) is 237 Å². The van der Waals surface area contributed by atoms with E-state index in [2.05, 4.69) is 179 Å². The average Bonchev–Trinajstić information content (AvgIpc) is 3.94. The maximum absolute atomic E-state index is 5.23. The van der Waals surface area contributed by atoms with Crippen LogP contribution in [0.15, 0.2) is 237 Å². The van der Waals surface area contributed by atoms with E-state index in [9.17, 15) is 0 Å². The number of para-hydroxylation sites is 2. The smallest absolute Gasteiger partial charge is 0.138 e. The molecule has 0 aliphatic rings. The Morgan fingerprint density at radius 3 is 0.897 bits per heavy atom. The molecule has 7 heteroatoms. The summed E-state index contributed by atoms with van der Waals surface area (Å²) < 4.78 is 4.49. The molecule has 7 nitrogen and oxygen atoms in total. The third-order valence-electron chi connectivity index (χ3n) is 12.8. The number of rotatable bonds is 8. The molecule has 0 atom stereocenters. The Hall–Kier alpha value is -9.33. The van der Waals surface area contributed by atoms with Crippen molar-refractivity contribution >= 4 is 43.6 Å². The molecule has 0 saturated carbocycles. The van der Waals surface area contributed by atoms with Gasteiger partial charge in [-0.25, -0.2) is 24.9 Å². The highest BCUT2D eigenvalue weighted by Gasteiger charge is 2.18. The first kappa shape index (κ1) is 39.1. The summed E-state index contributed by atoms with van der Waals surface area (Å²) in [6.07, 6.45) is 0. The van der Waals surface area contributed by atoms with Gasteiger partial charge in [-0.1, -0.05) is 140 Å². The van der Waals surface area contributed by atoms with E-state index in [1.165, 1.54) is 43.8 Å². The van der Waals surface area contributed by atoms with Crippen molar-refractivity contribution in [3.8, 4) is 79.4 Å².